The zero-order valence-corrected chi connectivity index (χ0v) is 11.6. The van der Waals surface area contributed by atoms with Crippen LogP contribution in [-0.4, -0.2) is 35.7 Å². The fourth-order valence-corrected chi connectivity index (χ4v) is 1.58. The molecule has 0 saturated carbocycles. The molecule has 1 aromatic carbocycles. The van der Waals surface area contributed by atoms with Gasteiger partial charge in [0.1, 0.15) is 0 Å². The van der Waals surface area contributed by atoms with E-state index in [1.165, 1.54) is 18.0 Å². The van der Waals surface area contributed by atoms with Crippen LogP contribution in [0.25, 0.3) is 0 Å². The molecule has 1 aromatic rings. The molecule has 0 aromatic heterocycles. The van der Waals surface area contributed by atoms with Crippen LogP contribution in [0, 0.1) is 0 Å². The Morgan fingerprint density at radius 3 is 2.60 bits per heavy atom. The van der Waals surface area contributed by atoms with E-state index in [-0.39, 0.29) is 12.3 Å². The normalized spacial score (nSPS) is 12.9. The fraction of sp³-hybridized carbons (Fsp3) is 0.417. The second-order valence-corrected chi connectivity index (χ2v) is 4.67. The minimum Gasteiger partial charge on any atom is -0.394 e. The maximum atomic E-state index is 12.7. The number of aliphatic hydroxyl groups is 1. The Kier molecular flexibility index (Phi) is 5.24. The summed E-state index contributed by atoms with van der Waals surface area (Å²) in [6, 6.07) is 2.02. The minimum absolute atomic E-state index is 0.0243. The number of hydrogen-bond acceptors (Lipinski definition) is 2. The van der Waals surface area contributed by atoms with Gasteiger partial charge in [0.05, 0.1) is 23.2 Å². The molecule has 0 fully saturated rings. The molecular weight excluding hydrogens is 297 g/mol. The first-order valence-corrected chi connectivity index (χ1v) is 6.06. The Bertz CT molecular complexity index is 494. The maximum absolute atomic E-state index is 12.7. The van der Waals surface area contributed by atoms with Gasteiger partial charge in [0, 0.05) is 12.7 Å². The van der Waals surface area contributed by atoms with Gasteiger partial charge in [0.15, 0.2) is 0 Å². The molecule has 0 aliphatic rings. The van der Waals surface area contributed by atoms with Crippen molar-refractivity contribution in [3.63, 3.8) is 0 Å². The third-order valence-corrected chi connectivity index (χ3v) is 3.10. The number of likely N-dealkylation sites (N-methyl/N-ethyl adjacent to an activating group) is 1. The molecule has 0 aliphatic carbocycles. The van der Waals surface area contributed by atoms with E-state index in [0.717, 1.165) is 12.1 Å². The second kappa shape index (κ2) is 6.32. The third kappa shape index (κ3) is 4.01. The van der Waals surface area contributed by atoms with Crippen LogP contribution in [-0.2, 0) is 6.18 Å². The van der Waals surface area contributed by atoms with Crippen molar-refractivity contribution in [2.75, 3.05) is 19.0 Å². The highest BCUT2D eigenvalue weighted by atomic mass is 35.5. The van der Waals surface area contributed by atoms with E-state index in [9.17, 15) is 18.0 Å². The van der Waals surface area contributed by atoms with Gasteiger partial charge in [-0.15, -0.1) is 0 Å². The minimum atomic E-state index is -4.60. The average molecular weight is 311 g/mol. The van der Waals surface area contributed by atoms with E-state index in [2.05, 4.69) is 5.32 Å². The largest absolute Gasteiger partial charge is 0.417 e. The molecule has 0 spiro atoms. The first kappa shape index (κ1) is 16.6. The Labute approximate surface area is 119 Å². The van der Waals surface area contributed by atoms with Gasteiger partial charge in [-0.05, 0) is 25.1 Å². The Morgan fingerprint density at radius 1 is 1.50 bits per heavy atom. The molecule has 20 heavy (non-hydrogen) atoms. The number of halogens is 4. The summed E-state index contributed by atoms with van der Waals surface area (Å²) in [4.78, 5) is 12.9. The summed E-state index contributed by atoms with van der Waals surface area (Å²) in [5.74, 6) is 0. The molecule has 0 saturated heterocycles. The topological polar surface area (TPSA) is 52.6 Å². The van der Waals surface area contributed by atoms with E-state index in [1.54, 1.807) is 6.92 Å². The molecule has 2 amide bonds. The van der Waals surface area contributed by atoms with Crippen LogP contribution in [0.3, 0.4) is 0 Å². The maximum Gasteiger partial charge on any atom is 0.417 e. The van der Waals surface area contributed by atoms with Crippen LogP contribution in [0.15, 0.2) is 18.2 Å². The van der Waals surface area contributed by atoms with E-state index in [0.29, 0.717) is 0 Å². The molecule has 1 unspecified atom stereocenters. The number of rotatable bonds is 3. The summed E-state index contributed by atoms with van der Waals surface area (Å²) < 4.78 is 38.0. The van der Waals surface area contributed by atoms with Crippen molar-refractivity contribution in [3.8, 4) is 0 Å². The summed E-state index contributed by atoms with van der Waals surface area (Å²) in [6.45, 7) is 1.35. The SMILES string of the molecule is CC(CO)N(C)C(=O)Nc1ccc(Cl)c(C(F)(F)F)c1. The number of hydrogen-bond donors (Lipinski definition) is 2. The molecule has 1 rings (SSSR count). The lowest BCUT2D eigenvalue weighted by Crippen LogP contribution is -2.40. The molecule has 0 bridgehead atoms. The van der Waals surface area contributed by atoms with Crippen LogP contribution in [0.2, 0.25) is 5.02 Å². The van der Waals surface area contributed by atoms with Crippen molar-refractivity contribution >= 4 is 23.3 Å². The number of urea groups is 1. The summed E-state index contributed by atoms with van der Waals surface area (Å²) in [5, 5.41) is 10.8. The van der Waals surface area contributed by atoms with Gasteiger partial charge in [-0.3, -0.25) is 0 Å². The third-order valence-electron chi connectivity index (χ3n) is 2.77. The number of nitrogens with zero attached hydrogens (tertiary/aromatic N) is 1. The van der Waals surface area contributed by atoms with Crippen LogP contribution in [0.1, 0.15) is 12.5 Å². The van der Waals surface area contributed by atoms with Gasteiger partial charge in [0.25, 0.3) is 0 Å². The van der Waals surface area contributed by atoms with Crippen LogP contribution in [0.5, 0.6) is 0 Å². The summed E-state index contributed by atoms with van der Waals surface area (Å²) in [6.07, 6.45) is -4.60. The molecule has 1 atom stereocenters. The summed E-state index contributed by atoms with van der Waals surface area (Å²) in [7, 11) is 1.43. The van der Waals surface area contributed by atoms with Crippen LogP contribution in [0.4, 0.5) is 23.7 Å². The zero-order valence-electron chi connectivity index (χ0n) is 10.8. The molecular formula is C12H14ClF3N2O2. The number of nitrogens with one attached hydrogen (secondary N) is 1. The van der Waals surface area contributed by atoms with Crippen molar-refractivity contribution in [2.45, 2.75) is 19.1 Å². The monoisotopic (exact) mass is 310 g/mol. The molecule has 0 aliphatic heterocycles. The van der Waals surface area contributed by atoms with Crippen molar-refractivity contribution in [1.82, 2.24) is 4.90 Å². The highest BCUT2D eigenvalue weighted by molar-refractivity contribution is 6.31. The van der Waals surface area contributed by atoms with E-state index < -0.39 is 28.8 Å². The van der Waals surface area contributed by atoms with Gasteiger partial charge in [-0.1, -0.05) is 11.6 Å². The predicted octanol–water partition coefficient (Wildman–Crippen LogP) is 3.20. The van der Waals surface area contributed by atoms with Crippen molar-refractivity contribution in [2.24, 2.45) is 0 Å². The van der Waals surface area contributed by atoms with Gasteiger partial charge in [-0.25, -0.2) is 4.79 Å². The quantitative estimate of drug-likeness (QED) is 0.901. The molecule has 2 N–H and O–H groups in total. The van der Waals surface area contributed by atoms with Crippen molar-refractivity contribution in [1.29, 1.82) is 0 Å². The Balaban J connectivity index is 2.92. The highest BCUT2D eigenvalue weighted by Crippen LogP contribution is 2.36. The Hall–Kier alpha value is -1.47. The van der Waals surface area contributed by atoms with E-state index >= 15 is 0 Å². The zero-order chi connectivity index (χ0) is 15.5. The lowest BCUT2D eigenvalue weighted by molar-refractivity contribution is -0.137. The van der Waals surface area contributed by atoms with Crippen molar-refractivity contribution in [3.05, 3.63) is 28.8 Å². The summed E-state index contributed by atoms with van der Waals surface area (Å²) >= 11 is 5.48. The van der Waals surface area contributed by atoms with Gasteiger partial charge in [-0.2, -0.15) is 13.2 Å². The molecule has 0 radical (unpaired) electrons. The first-order chi connectivity index (χ1) is 9.16. The van der Waals surface area contributed by atoms with E-state index in [1.807, 2.05) is 0 Å². The fourth-order valence-electron chi connectivity index (χ4n) is 1.35. The number of anilines is 1. The van der Waals surface area contributed by atoms with Crippen LogP contribution < -0.4 is 5.32 Å². The van der Waals surface area contributed by atoms with Crippen LogP contribution >= 0.6 is 11.6 Å². The van der Waals surface area contributed by atoms with Crippen molar-refractivity contribution < 1.29 is 23.1 Å². The number of benzene rings is 1. The smallest absolute Gasteiger partial charge is 0.394 e. The number of amides is 2. The molecule has 8 heteroatoms. The number of alkyl halides is 3. The number of carbonyl (C=O) groups is 1. The molecule has 112 valence electrons. The first-order valence-electron chi connectivity index (χ1n) is 5.68. The average Bonchev–Trinajstić information content (AvgIpc) is 2.37. The highest BCUT2D eigenvalue weighted by Gasteiger charge is 2.33. The summed E-state index contributed by atoms with van der Waals surface area (Å²) in [5.41, 5.74) is -1.04. The number of carbonyl (C=O) groups excluding carboxylic acids is 1. The predicted molar refractivity (Wildman–Crippen MR) is 69.8 cm³/mol. The molecule has 4 nitrogen and oxygen atoms in total. The standard InChI is InChI=1S/C12H14ClF3N2O2/c1-7(6-19)18(2)11(20)17-8-3-4-10(13)9(5-8)12(14,15)16/h3-5,7,19H,6H2,1-2H3,(H,17,20). The Morgan fingerprint density at radius 2 is 2.10 bits per heavy atom. The van der Waals surface area contributed by atoms with Gasteiger partial charge in [0.2, 0.25) is 0 Å². The lowest BCUT2D eigenvalue weighted by atomic mass is 10.2. The van der Waals surface area contributed by atoms with E-state index in [4.69, 9.17) is 16.7 Å². The lowest BCUT2D eigenvalue weighted by Gasteiger charge is -2.23. The number of aliphatic hydroxyl groups excluding tert-OH is 1. The second-order valence-electron chi connectivity index (χ2n) is 4.27. The van der Waals surface area contributed by atoms with Gasteiger partial charge >= 0.3 is 12.2 Å². The molecule has 0 heterocycles. The van der Waals surface area contributed by atoms with Gasteiger partial charge < -0.3 is 15.3 Å².